The molecule has 1 amide bonds. The molecule has 6 aliphatic rings. The number of aromatic amines is 1. The maximum Gasteiger partial charge on any atom is 0.261 e. The van der Waals surface area contributed by atoms with Gasteiger partial charge in [-0.2, -0.15) is 0 Å². The molecule has 4 saturated carbocycles. The highest BCUT2D eigenvalue weighted by molar-refractivity contribution is 5.93. The molecule has 4 aliphatic carbocycles. The first-order valence-corrected chi connectivity index (χ1v) is 15.2. The molecule has 1 saturated heterocycles. The van der Waals surface area contributed by atoms with E-state index in [4.69, 9.17) is 0 Å². The van der Waals surface area contributed by atoms with Gasteiger partial charge in [-0.3, -0.25) is 19.4 Å². The third-order valence-electron chi connectivity index (χ3n) is 10.6. The van der Waals surface area contributed by atoms with E-state index < -0.39 is 0 Å². The highest BCUT2D eigenvalue weighted by Gasteiger charge is 2.53. The first-order valence-electron chi connectivity index (χ1n) is 15.2. The molecule has 0 radical (unpaired) electrons. The summed E-state index contributed by atoms with van der Waals surface area (Å²) in [6.45, 7) is 6.59. The normalized spacial score (nSPS) is 30.4. The molecule has 4 bridgehead atoms. The Morgan fingerprint density at radius 3 is 2.38 bits per heavy atom. The molecular weight excluding hydrogens is 486 g/mol. The Bertz CT molecular complexity index is 1260. The van der Waals surface area contributed by atoms with Gasteiger partial charge in [0.15, 0.2) is 0 Å². The predicted octanol–water partition coefficient (Wildman–Crippen LogP) is 3.77. The van der Waals surface area contributed by atoms with Crippen LogP contribution in [0.25, 0.3) is 0 Å². The van der Waals surface area contributed by atoms with Crippen LogP contribution < -0.4 is 15.8 Å². The van der Waals surface area contributed by atoms with Crippen molar-refractivity contribution in [3.05, 3.63) is 63.1 Å². The Kier molecular flexibility index (Phi) is 6.55. The van der Waals surface area contributed by atoms with Crippen LogP contribution in [0.5, 0.6) is 0 Å². The minimum absolute atomic E-state index is 0.183. The molecule has 0 unspecified atom stereocenters. The van der Waals surface area contributed by atoms with Gasteiger partial charge in [-0.05, 0) is 98.4 Å². The van der Waals surface area contributed by atoms with Crippen molar-refractivity contribution in [3.8, 4) is 0 Å². The fourth-order valence-electron chi connectivity index (χ4n) is 9.09. The fourth-order valence-corrected chi connectivity index (χ4v) is 9.09. The summed E-state index contributed by atoms with van der Waals surface area (Å²) in [6.07, 6.45) is 11.0. The van der Waals surface area contributed by atoms with E-state index in [1.54, 1.807) is 6.07 Å². The van der Waals surface area contributed by atoms with E-state index in [2.05, 4.69) is 50.2 Å². The second-order valence-electron chi connectivity index (χ2n) is 13.3. The Labute approximate surface area is 231 Å². The number of pyridine rings is 1. The van der Waals surface area contributed by atoms with Crippen LogP contribution in [-0.4, -0.2) is 66.0 Å². The van der Waals surface area contributed by atoms with Crippen LogP contribution in [0.1, 0.15) is 72.1 Å². The van der Waals surface area contributed by atoms with Crippen LogP contribution in [-0.2, 0) is 19.5 Å². The molecule has 1 aromatic heterocycles. The van der Waals surface area contributed by atoms with Crippen molar-refractivity contribution in [2.24, 2.45) is 17.8 Å². The van der Waals surface area contributed by atoms with Gasteiger partial charge in [0.25, 0.3) is 11.5 Å². The number of nitrogens with zero attached hydrogens (tertiary/aromatic N) is 3. The summed E-state index contributed by atoms with van der Waals surface area (Å²) >= 11 is 0. The van der Waals surface area contributed by atoms with Gasteiger partial charge in [0, 0.05) is 69.8 Å². The highest BCUT2D eigenvalue weighted by Crippen LogP contribution is 2.57. The minimum Gasteiger partial charge on any atom is -0.374 e. The first kappa shape index (κ1) is 25.3. The molecule has 8 rings (SSSR count). The SMILES string of the molecule is CN1CCCc2cc(CNC(=O)c3ccc(CN4CCN(C56CC7CC(CC(C7)C5)C6)CC4)[nH]c3=O)ccc21. The molecular formula is C32H43N5O2. The summed E-state index contributed by atoms with van der Waals surface area (Å²) in [4.78, 5) is 36.2. The zero-order valence-electron chi connectivity index (χ0n) is 23.4. The number of hydrogen-bond donors (Lipinski definition) is 2. The Morgan fingerprint density at radius 1 is 0.974 bits per heavy atom. The van der Waals surface area contributed by atoms with E-state index in [-0.39, 0.29) is 17.0 Å². The van der Waals surface area contributed by atoms with Crippen molar-refractivity contribution >= 4 is 11.6 Å². The topological polar surface area (TPSA) is 71.7 Å². The lowest BCUT2D eigenvalue weighted by Gasteiger charge is -2.61. The molecule has 1 aromatic carbocycles. The number of amides is 1. The maximum absolute atomic E-state index is 12.8. The van der Waals surface area contributed by atoms with Gasteiger partial charge in [-0.15, -0.1) is 0 Å². The summed E-state index contributed by atoms with van der Waals surface area (Å²) in [6, 6.07) is 9.99. The van der Waals surface area contributed by atoms with E-state index in [9.17, 15) is 9.59 Å². The van der Waals surface area contributed by atoms with Crippen LogP contribution in [0, 0.1) is 17.8 Å². The van der Waals surface area contributed by atoms with Crippen LogP contribution in [0.4, 0.5) is 5.69 Å². The lowest BCUT2D eigenvalue weighted by Crippen LogP contribution is -2.63. The van der Waals surface area contributed by atoms with E-state index in [0.29, 0.717) is 12.1 Å². The Balaban J connectivity index is 0.928. The average molecular weight is 530 g/mol. The van der Waals surface area contributed by atoms with Crippen molar-refractivity contribution in [2.75, 3.05) is 44.7 Å². The van der Waals surface area contributed by atoms with Crippen molar-refractivity contribution in [1.29, 1.82) is 0 Å². The van der Waals surface area contributed by atoms with Gasteiger partial charge in [0.1, 0.15) is 5.56 Å². The van der Waals surface area contributed by atoms with Crippen LogP contribution in [0.2, 0.25) is 0 Å². The Morgan fingerprint density at radius 2 is 1.69 bits per heavy atom. The lowest BCUT2D eigenvalue weighted by atomic mass is 9.52. The molecule has 2 aliphatic heterocycles. The summed E-state index contributed by atoms with van der Waals surface area (Å²) in [5.41, 5.74) is 4.93. The first-order chi connectivity index (χ1) is 18.9. The van der Waals surface area contributed by atoms with E-state index in [0.717, 1.165) is 81.1 Å². The van der Waals surface area contributed by atoms with E-state index >= 15 is 0 Å². The number of nitrogens with one attached hydrogen (secondary N) is 2. The number of aromatic nitrogens is 1. The number of anilines is 1. The maximum atomic E-state index is 12.8. The smallest absolute Gasteiger partial charge is 0.261 e. The fraction of sp³-hybridized carbons (Fsp3) is 0.625. The van der Waals surface area contributed by atoms with Gasteiger partial charge >= 0.3 is 0 Å². The quantitative estimate of drug-likeness (QED) is 0.596. The molecule has 0 spiro atoms. The van der Waals surface area contributed by atoms with Gasteiger partial charge in [0.05, 0.1) is 0 Å². The minimum atomic E-state index is -0.318. The molecule has 7 heteroatoms. The van der Waals surface area contributed by atoms with Crippen molar-refractivity contribution in [3.63, 3.8) is 0 Å². The van der Waals surface area contributed by atoms with Gasteiger partial charge in [0.2, 0.25) is 0 Å². The molecule has 0 atom stereocenters. The number of piperazine rings is 1. The number of H-pyrrole nitrogens is 1. The van der Waals surface area contributed by atoms with E-state index in [1.165, 1.54) is 49.8 Å². The number of aryl methyl sites for hydroxylation is 1. The largest absolute Gasteiger partial charge is 0.374 e. The van der Waals surface area contributed by atoms with Crippen molar-refractivity contribution in [1.82, 2.24) is 20.1 Å². The summed E-state index contributed by atoms with van der Waals surface area (Å²) in [7, 11) is 2.12. The summed E-state index contributed by atoms with van der Waals surface area (Å²) in [5.74, 6) is 2.63. The van der Waals surface area contributed by atoms with Crippen LogP contribution >= 0.6 is 0 Å². The third kappa shape index (κ3) is 4.93. The standard InChI is InChI=1S/C32H43N5O2/c1-35-8-2-3-26-16-22(4-7-29(26)35)20-33-30(38)28-6-5-27(34-31(28)39)21-36-9-11-37(12-10-36)32-17-23-13-24(18-32)15-25(14-23)19-32/h4-7,16,23-25H,2-3,8-15,17-21H2,1H3,(H,33,38)(H,34,39). The summed E-state index contributed by atoms with van der Waals surface area (Å²) in [5, 5.41) is 2.95. The molecule has 3 heterocycles. The van der Waals surface area contributed by atoms with Crippen molar-refractivity contribution < 1.29 is 4.79 Å². The third-order valence-corrected chi connectivity index (χ3v) is 10.6. The lowest BCUT2D eigenvalue weighted by molar-refractivity contribution is -0.102. The predicted molar refractivity (Wildman–Crippen MR) is 154 cm³/mol. The van der Waals surface area contributed by atoms with Crippen LogP contribution in [0.15, 0.2) is 35.1 Å². The number of carbonyl (C=O) groups excluding carboxylic acids is 1. The number of benzene rings is 1. The molecule has 5 fully saturated rings. The molecule has 208 valence electrons. The van der Waals surface area contributed by atoms with Crippen molar-refractivity contribution in [2.45, 2.75) is 70.0 Å². The molecule has 2 N–H and O–H groups in total. The number of carbonyl (C=O) groups is 1. The van der Waals surface area contributed by atoms with Crippen LogP contribution in [0.3, 0.4) is 0 Å². The number of rotatable bonds is 6. The molecule has 39 heavy (non-hydrogen) atoms. The zero-order chi connectivity index (χ0) is 26.6. The molecule has 2 aromatic rings. The average Bonchev–Trinajstić information content (AvgIpc) is 2.91. The van der Waals surface area contributed by atoms with Gasteiger partial charge in [-0.25, -0.2) is 0 Å². The second-order valence-corrected chi connectivity index (χ2v) is 13.3. The highest BCUT2D eigenvalue weighted by atomic mass is 16.2. The zero-order valence-corrected chi connectivity index (χ0v) is 23.4. The van der Waals surface area contributed by atoms with E-state index in [1.807, 2.05) is 6.07 Å². The summed E-state index contributed by atoms with van der Waals surface area (Å²) < 4.78 is 0. The number of fused-ring (bicyclic) bond motifs is 1. The monoisotopic (exact) mass is 529 g/mol. The second kappa shape index (κ2) is 10.1. The molecule has 7 nitrogen and oxygen atoms in total. The van der Waals surface area contributed by atoms with Gasteiger partial charge < -0.3 is 15.2 Å². The number of hydrogen-bond acceptors (Lipinski definition) is 5. The Hall–Kier alpha value is -2.64. The van der Waals surface area contributed by atoms with Gasteiger partial charge in [-0.1, -0.05) is 12.1 Å².